The van der Waals surface area contributed by atoms with Crippen molar-refractivity contribution in [3.8, 4) is 11.4 Å². The van der Waals surface area contributed by atoms with Crippen LogP contribution in [0.2, 0.25) is 0 Å². The molecule has 2 heterocycles. The standard InChI is InChI=1S/C15H18N6O3S/c1-8(24-9(2)22)13(23)18-6-10-4-3-5-11(19-10)12-7-25-15(20-12)21-14(16)17/h3-5,7-8H,6H2,1-2H3,(H,18,23)(H4,16,17,20,21). The molecule has 132 valence electrons. The third kappa shape index (κ3) is 5.53. The summed E-state index contributed by atoms with van der Waals surface area (Å²) < 4.78 is 4.82. The monoisotopic (exact) mass is 362 g/mol. The van der Waals surface area contributed by atoms with Crippen LogP contribution in [-0.2, 0) is 20.9 Å². The lowest BCUT2D eigenvalue weighted by molar-refractivity contribution is -0.152. The number of carbonyl (C=O) groups is 2. The van der Waals surface area contributed by atoms with Gasteiger partial charge in [-0.1, -0.05) is 6.07 Å². The molecule has 1 amide bonds. The van der Waals surface area contributed by atoms with Gasteiger partial charge in [0.15, 0.2) is 12.1 Å². The van der Waals surface area contributed by atoms with Gasteiger partial charge >= 0.3 is 5.97 Å². The van der Waals surface area contributed by atoms with Gasteiger partial charge < -0.3 is 21.5 Å². The molecule has 0 bridgehead atoms. The molecule has 25 heavy (non-hydrogen) atoms. The summed E-state index contributed by atoms with van der Waals surface area (Å²) in [7, 11) is 0. The summed E-state index contributed by atoms with van der Waals surface area (Å²) >= 11 is 1.29. The SMILES string of the molecule is CC(=O)OC(C)C(=O)NCc1cccc(-c2csc(N=C(N)N)n2)n1. The van der Waals surface area contributed by atoms with Crippen LogP contribution in [0.1, 0.15) is 19.5 Å². The number of pyridine rings is 1. The normalized spacial score (nSPS) is 11.4. The lowest BCUT2D eigenvalue weighted by Gasteiger charge is -2.12. The van der Waals surface area contributed by atoms with Gasteiger partial charge in [-0.25, -0.2) is 9.97 Å². The Kier molecular flexibility index (Phi) is 6.01. The number of hydrogen-bond acceptors (Lipinski definition) is 7. The Balaban J connectivity index is 2.04. The summed E-state index contributed by atoms with van der Waals surface area (Å²) in [5.41, 5.74) is 12.6. The summed E-state index contributed by atoms with van der Waals surface area (Å²) in [5, 5.41) is 4.89. The van der Waals surface area contributed by atoms with Crippen molar-refractivity contribution in [2.45, 2.75) is 26.5 Å². The Morgan fingerprint density at radius 1 is 1.32 bits per heavy atom. The van der Waals surface area contributed by atoms with Crippen molar-refractivity contribution in [1.82, 2.24) is 15.3 Å². The second-order valence-corrected chi connectivity index (χ2v) is 5.87. The second kappa shape index (κ2) is 8.20. The van der Waals surface area contributed by atoms with Crippen LogP contribution in [-0.4, -0.2) is 33.9 Å². The molecular weight excluding hydrogens is 344 g/mol. The maximum absolute atomic E-state index is 11.8. The Morgan fingerprint density at radius 3 is 2.76 bits per heavy atom. The van der Waals surface area contributed by atoms with Crippen molar-refractivity contribution in [1.29, 1.82) is 0 Å². The zero-order chi connectivity index (χ0) is 18.4. The first-order valence-corrected chi connectivity index (χ1v) is 8.19. The number of amides is 1. The average molecular weight is 362 g/mol. The lowest BCUT2D eigenvalue weighted by atomic mass is 10.2. The van der Waals surface area contributed by atoms with Gasteiger partial charge in [0.25, 0.3) is 5.91 Å². The second-order valence-electron chi connectivity index (χ2n) is 5.04. The molecule has 10 heteroatoms. The van der Waals surface area contributed by atoms with Gasteiger partial charge in [-0.2, -0.15) is 4.99 Å². The molecule has 0 aliphatic heterocycles. The van der Waals surface area contributed by atoms with E-state index in [1.54, 1.807) is 23.6 Å². The summed E-state index contributed by atoms with van der Waals surface area (Å²) in [6.07, 6.45) is -0.860. The molecule has 2 aromatic heterocycles. The van der Waals surface area contributed by atoms with E-state index in [2.05, 4.69) is 20.3 Å². The van der Waals surface area contributed by atoms with Crippen molar-refractivity contribution in [2.24, 2.45) is 16.5 Å². The van der Waals surface area contributed by atoms with Gasteiger partial charge in [-0.05, 0) is 19.1 Å². The van der Waals surface area contributed by atoms with E-state index in [-0.39, 0.29) is 12.5 Å². The molecule has 0 aromatic carbocycles. The molecule has 1 unspecified atom stereocenters. The van der Waals surface area contributed by atoms with E-state index in [4.69, 9.17) is 16.2 Å². The Morgan fingerprint density at radius 2 is 2.08 bits per heavy atom. The van der Waals surface area contributed by atoms with Crippen molar-refractivity contribution in [2.75, 3.05) is 0 Å². The van der Waals surface area contributed by atoms with Crippen molar-refractivity contribution < 1.29 is 14.3 Å². The number of ether oxygens (including phenoxy) is 1. The molecule has 2 rings (SSSR count). The predicted molar refractivity (Wildman–Crippen MR) is 93.9 cm³/mol. The maximum atomic E-state index is 11.8. The summed E-state index contributed by atoms with van der Waals surface area (Å²) in [6.45, 7) is 2.95. The van der Waals surface area contributed by atoms with Gasteiger partial charge in [0.05, 0.1) is 17.9 Å². The number of thiazole rings is 1. The van der Waals surface area contributed by atoms with Gasteiger partial charge in [0, 0.05) is 12.3 Å². The number of nitrogens with one attached hydrogen (secondary N) is 1. The molecule has 0 fully saturated rings. The molecule has 0 saturated carbocycles. The number of aliphatic imine (C=N–C) groups is 1. The summed E-state index contributed by atoms with van der Waals surface area (Å²) in [4.78, 5) is 35.3. The van der Waals surface area contributed by atoms with Gasteiger partial charge in [-0.3, -0.25) is 9.59 Å². The van der Waals surface area contributed by atoms with E-state index >= 15 is 0 Å². The smallest absolute Gasteiger partial charge is 0.303 e. The highest BCUT2D eigenvalue weighted by atomic mass is 32.1. The number of esters is 1. The molecule has 2 aromatic rings. The molecule has 0 radical (unpaired) electrons. The highest BCUT2D eigenvalue weighted by Crippen LogP contribution is 2.25. The molecular formula is C15H18N6O3S. The number of hydrogen-bond donors (Lipinski definition) is 3. The van der Waals surface area contributed by atoms with E-state index in [0.29, 0.717) is 22.2 Å². The van der Waals surface area contributed by atoms with Crippen LogP contribution in [0, 0.1) is 0 Å². The van der Waals surface area contributed by atoms with E-state index in [1.165, 1.54) is 25.2 Å². The number of rotatable bonds is 6. The zero-order valence-corrected chi connectivity index (χ0v) is 14.5. The summed E-state index contributed by atoms with van der Waals surface area (Å²) in [6, 6.07) is 5.36. The molecule has 1 atom stereocenters. The molecule has 9 nitrogen and oxygen atoms in total. The Hall–Kier alpha value is -3.01. The zero-order valence-electron chi connectivity index (χ0n) is 13.7. The van der Waals surface area contributed by atoms with Crippen LogP contribution in [0.5, 0.6) is 0 Å². The van der Waals surface area contributed by atoms with Crippen LogP contribution in [0.4, 0.5) is 5.13 Å². The fraction of sp³-hybridized carbons (Fsp3) is 0.267. The number of aromatic nitrogens is 2. The van der Waals surface area contributed by atoms with Crippen molar-refractivity contribution >= 4 is 34.3 Å². The van der Waals surface area contributed by atoms with Gasteiger partial charge in [0.2, 0.25) is 5.13 Å². The number of guanidine groups is 1. The van der Waals surface area contributed by atoms with E-state index in [0.717, 1.165) is 0 Å². The largest absolute Gasteiger partial charge is 0.453 e. The highest BCUT2D eigenvalue weighted by molar-refractivity contribution is 7.13. The predicted octanol–water partition coefficient (Wildman–Crippen LogP) is 0.678. The Bertz CT molecular complexity index is 800. The average Bonchev–Trinajstić information content (AvgIpc) is 3.00. The fourth-order valence-electron chi connectivity index (χ4n) is 1.89. The topological polar surface area (TPSA) is 146 Å². The quantitative estimate of drug-likeness (QED) is 0.389. The minimum Gasteiger partial charge on any atom is -0.453 e. The first kappa shape index (κ1) is 18.3. The van der Waals surface area contributed by atoms with Crippen LogP contribution < -0.4 is 16.8 Å². The van der Waals surface area contributed by atoms with Crippen LogP contribution in [0.15, 0.2) is 28.6 Å². The van der Waals surface area contributed by atoms with E-state index in [9.17, 15) is 9.59 Å². The number of carbonyl (C=O) groups excluding carboxylic acids is 2. The summed E-state index contributed by atoms with van der Waals surface area (Å²) in [5.74, 6) is -0.971. The van der Waals surface area contributed by atoms with E-state index in [1.807, 2.05) is 0 Å². The highest BCUT2D eigenvalue weighted by Gasteiger charge is 2.15. The maximum Gasteiger partial charge on any atom is 0.303 e. The molecule has 0 aliphatic rings. The number of nitrogens with zero attached hydrogens (tertiary/aromatic N) is 3. The first-order chi connectivity index (χ1) is 11.8. The molecule has 0 aliphatic carbocycles. The van der Waals surface area contributed by atoms with Crippen LogP contribution in [0.25, 0.3) is 11.4 Å². The van der Waals surface area contributed by atoms with Crippen molar-refractivity contribution in [3.05, 3.63) is 29.3 Å². The molecule has 0 spiro atoms. The Labute approximate surface area is 148 Å². The van der Waals surface area contributed by atoms with Crippen LogP contribution >= 0.6 is 11.3 Å². The van der Waals surface area contributed by atoms with Gasteiger partial charge in [0.1, 0.15) is 5.69 Å². The first-order valence-electron chi connectivity index (χ1n) is 7.31. The number of nitrogens with two attached hydrogens (primary N) is 2. The van der Waals surface area contributed by atoms with Crippen molar-refractivity contribution in [3.63, 3.8) is 0 Å². The lowest BCUT2D eigenvalue weighted by Crippen LogP contribution is -2.35. The minimum absolute atomic E-state index is 0.0628. The van der Waals surface area contributed by atoms with Crippen LogP contribution in [0.3, 0.4) is 0 Å². The minimum atomic E-state index is -0.860. The third-order valence-corrected chi connectivity index (χ3v) is 3.68. The molecule has 5 N–H and O–H groups in total. The fourth-order valence-corrected chi connectivity index (χ4v) is 2.59. The van der Waals surface area contributed by atoms with Gasteiger partial charge in [-0.15, -0.1) is 11.3 Å². The molecule has 0 saturated heterocycles. The van der Waals surface area contributed by atoms with E-state index < -0.39 is 18.0 Å². The third-order valence-electron chi connectivity index (χ3n) is 2.94.